The summed E-state index contributed by atoms with van der Waals surface area (Å²) in [6.07, 6.45) is 2.08. The number of nitrogen functional groups attached to an aromatic ring is 1. The van der Waals surface area contributed by atoms with Crippen LogP contribution in [0.1, 0.15) is 31.2 Å². The number of carbonyl (C=O) groups is 2. The van der Waals surface area contributed by atoms with Crippen molar-refractivity contribution in [3.8, 4) is 0 Å². The highest BCUT2D eigenvalue weighted by Crippen LogP contribution is 2.19. The Balaban J connectivity index is 1.83. The third kappa shape index (κ3) is 3.98. The molecule has 1 aliphatic rings. The molecule has 5 nitrogen and oxygen atoms in total. The molecule has 1 aromatic carbocycles. The third-order valence-electron chi connectivity index (χ3n) is 3.17. The Labute approximate surface area is 112 Å². The van der Waals surface area contributed by atoms with Crippen LogP contribution in [-0.4, -0.2) is 24.4 Å². The zero-order chi connectivity index (χ0) is 13.8. The SMILES string of the molecule is CC(C(=O)NCC(=O)NC1CC1)c1cccc(N)c1. The van der Waals surface area contributed by atoms with E-state index in [0.717, 1.165) is 18.4 Å². The minimum Gasteiger partial charge on any atom is -0.399 e. The van der Waals surface area contributed by atoms with E-state index in [9.17, 15) is 9.59 Å². The molecule has 0 saturated heterocycles. The molecule has 19 heavy (non-hydrogen) atoms. The maximum atomic E-state index is 11.9. The van der Waals surface area contributed by atoms with Gasteiger partial charge in [0.05, 0.1) is 12.5 Å². The van der Waals surface area contributed by atoms with Gasteiger partial charge in [0.25, 0.3) is 0 Å². The standard InChI is InChI=1S/C14H19N3O2/c1-9(10-3-2-4-11(15)7-10)14(19)16-8-13(18)17-12-5-6-12/h2-4,7,9,12H,5-6,8,15H2,1H3,(H,16,19)(H,17,18). The zero-order valence-corrected chi connectivity index (χ0v) is 11.0. The Morgan fingerprint density at radius 1 is 1.42 bits per heavy atom. The van der Waals surface area contributed by atoms with Gasteiger partial charge in [-0.25, -0.2) is 0 Å². The molecule has 4 N–H and O–H groups in total. The number of anilines is 1. The molecule has 1 saturated carbocycles. The Hall–Kier alpha value is -2.04. The molecule has 0 radical (unpaired) electrons. The Kier molecular flexibility index (Phi) is 4.04. The molecule has 102 valence electrons. The van der Waals surface area contributed by atoms with E-state index >= 15 is 0 Å². The zero-order valence-electron chi connectivity index (χ0n) is 11.0. The van der Waals surface area contributed by atoms with Crippen LogP contribution in [0.3, 0.4) is 0 Å². The molecule has 1 fully saturated rings. The van der Waals surface area contributed by atoms with E-state index < -0.39 is 0 Å². The molecule has 2 amide bonds. The van der Waals surface area contributed by atoms with E-state index in [-0.39, 0.29) is 24.3 Å². The van der Waals surface area contributed by atoms with Crippen molar-refractivity contribution in [1.82, 2.24) is 10.6 Å². The van der Waals surface area contributed by atoms with E-state index in [1.807, 2.05) is 12.1 Å². The van der Waals surface area contributed by atoms with Crippen LogP contribution in [0.15, 0.2) is 24.3 Å². The summed E-state index contributed by atoms with van der Waals surface area (Å²) in [6, 6.07) is 7.53. The molecule has 5 heteroatoms. The molecule has 0 heterocycles. The van der Waals surface area contributed by atoms with Crippen molar-refractivity contribution in [2.24, 2.45) is 0 Å². The van der Waals surface area contributed by atoms with Gasteiger partial charge in [0, 0.05) is 11.7 Å². The van der Waals surface area contributed by atoms with Gasteiger partial charge in [0.2, 0.25) is 11.8 Å². The monoisotopic (exact) mass is 261 g/mol. The van der Waals surface area contributed by atoms with Crippen molar-refractivity contribution < 1.29 is 9.59 Å². The highest BCUT2D eigenvalue weighted by Gasteiger charge is 2.23. The quantitative estimate of drug-likeness (QED) is 0.684. The predicted octanol–water partition coefficient (Wildman–Crippen LogP) is 0.767. The number of amides is 2. The summed E-state index contributed by atoms with van der Waals surface area (Å²) < 4.78 is 0. The molecule has 1 unspecified atom stereocenters. The first kappa shape index (κ1) is 13.4. The number of nitrogens with one attached hydrogen (secondary N) is 2. The summed E-state index contributed by atoms with van der Waals surface area (Å²) in [5.41, 5.74) is 7.16. The fourth-order valence-electron chi connectivity index (χ4n) is 1.81. The van der Waals surface area contributed by atoms with Crippen LogP contribution in [0.2, 0.25) is 0 Å². The number of nitrogens with two attached hydrogens (primary N) is 1. The summed E-state index contributed by atoms with van der Waals surface area (Å²) in [4.78, 5) is 23.4. The predicted molar refractivity (Wildman–Crippen MR) is 73.4 cm³/mol. The van der Waals surface area contributed by atoms with Crippen molar-refractivity contribution in [1.29, 1.82) is 0 Å². The first-order chi connectivity index (χ1) is 9.06. The summed E-state index contributed by atoms with van der Waals surface area (Å²) in [5.74, 6) is -0.621. The first-order valence-corrected chi connectivity index (χ1v) is 6.49. The Morgan fingerprint density at radius 2 is 2.16 bits per heavy atom. The minimum absolute atomic E-state index is 0.0298. The summed E-state index contributed by atoms with van der Waals surface area (Å²) in [5, 5.41) is 5.46. The second-order valence-electron chi connectivity index (χ2n) is 4.95. The van der Waals surface area contributed by atoms with Crippen molar-refractivity contribution in [3.05, 3.63) is 29.8 Å². The lowest BCUT2D eigenvalue weighted by atomic mass is 10.00. The lowest BCUT2D eigenvalue weighted by Gasteiger charge is -2.13. The lowest BCUT2D eigenvalue weighted by Crippen LogP contribution is -2.39. The van der Waals surface area contributed by atoms with E-state index in [4.69, 9.17) is 5.73 Å². The topological polar surface area (TPSA) is 84.2 Å². The second-order valence-corrected chi connectivity index (χ2v) is 4.95. The normalized spacial score (nSPS) is 15.6. The Bertz CT molecular complexity index is 483. The van der Waals surface area contributed by atoms with Crippen LogP contribution >= 0.6 is 0 Å². The van der Waals surface area contributed by atoms with Crippen molar-refractivity contribution in [2.45, 2.75) is 31.7 Å². The molecule has 1 aliphatic carbocycles. The molecule has 1 atom stereocenters. The summed E-state index contributed by atoms with van der Waals surface area (Å²) >= 11 is 0. The highest BCUT2D eigenvalue weighted by molar-refractivity contribution is 5.88. The maximum Gasteiger partial charge on any atom is 0.239 e. The molecule has 1 aromatic rings. The molecule has 0 aromatic heterocycles. The Morgan fingerprint density at radius 3 is 2.79 bits per heavy atom. The van der Waals surface area contributed by atoms with Crippen molar-refractivity contribution in [2.75, 3.05) is 12.3 Å². The summed E-state index contributed by atoms with van der Waals surface area (Å²) in [7, 11) is 0. The molecular formula is C14H19N3O2. The van der Waals surface area contributed by atoms with E-state index in [2.05, 4.69) is 10.6 Å². The average Bonchev–Trinajstić information content (AvgIpc) is 3.19. The fraction of sp³-hybridized carbons (Fsp3) is 0.429. The third-order valence-corrected chi connectivity index (χ3v) is 3.17. The second kappa shape index (κ2) is 5.73. The van der Waals surface area contributed by atoms with E-state index in [1.165, 1.54) is 0 Å². The molecular weight excluding hydrogens is 242 g/mol. The average molecular weight is 261 g/mol. The van der Waals surface area contributed by atoms with Crippen LogP contribution in [0, 0.1) is 0 Å². The number of carbonyl (C=O) groups excluding carboxylic acids is 2. The van der Waals surface area contributed by atoms with Gasteiger partial charge in [-0.3, -0.25) is 9.59 Å². The number of rotatable bonds is 5. The molecule has 0 aliphatic heterocycles. The van der Waals surface area contributed by atoms with Gasteiger partial charge in [0.1, 0.15) is 0 Å². The van der Waals surface area contributed by atoms with E-state index in [1.54, 1.807) is 19.1 Å². The van der Waals surface area contributed by atoms with Gasteiger partial charge in [-0.05, 0) is 37.5 Å². The van der Waals surface area contributed by atoms with Gasteiger partial charge < -0.3 is 16.4 Å². The number of hydrogen-bond donors (Lipinski definition) is 3. The van der Waals surface area contributed by atoms with Crippen LogP contribution < -0.4 is 16.4 Å². The lowest BCUT2D eigenvalue weighted by molar-refractivity contribution is -0.126. The molecule has 0 spiro atoms. The summed E-state index contributed by atoms with van der Waals surface area (Å²) in [6.45, 7) is 1.82. The van der Waals surface area contributed by atoms with Gasteiger partial charge in [-0.15, -0.1) is 0 Å². The van der Waals surface area contributed by atoms with E-state index in [0.29, 0.717) is 11.7 Å². The van der Waals surface area contributed by atoms with Gasteiger partial charge in [0.15, 0.2) is 0 Å². The minimum atomic E-state index is -0.322. The van der Waals surface area contributed by atoms with Crippen LogP contribution in [-0.2, 0) is 9.59 Å². The smallest absolute Gasteiger partial charge is 0.239 e. The highest BCUT2D eigenvalue weighted by atomic mass is 16.2. The van der Waals surface area contributed by atoms with Crippen LogP contribution in [0.5, 0.6) is 0 Å². The van der Waals surface area contributed by atoms with Crippen LogP contribution in [0.25, 0.3) is 0 Å². The van der Waals surface area contributed by atoms with Crippen LogP contribution in [0.4, 0.5) is 5.69 Å². The molecule has 2 rings (SSSR count). The number of hydrogen-bond acceptors (Lipinski definition) is 3. The first-order valence-electron chi connectivity index (χ1n) is 6.49. The van der Waals surface area contributed by atoms with Gasteiger partial charge in [-0.2, -0.15) is 0 Å². The van der Waals surface area contributed by atoms with Crippen molar-refractivity contribution >= 4 is 17.5 Å². The van der Waals surface area contributed by atoms with Crippen molar-refractivity contribution in [3.63, 3.8) is 0 Å². The maximum absolute atomic E-state index is 11.9. The largest absolute Gasteiger partial charge is 0.399 e. The molecule has 0 bridgehead atoms. The number of benzene rings is 1. The fourth-order valence-corrected chi connectivity index (χ4v) is 1.81. The van der Waals surface area contributed by atoms with Gasteiger partial charge >= 0.3 is 0 Å². The van der Waals surface area contributed by atoms with Gasteiger partial charge in [-0.1, -0.05) is 12.1 Å².